The zero-order valence-electron chi connectivity index (χ0n) is 32.1. The largest absolute Gasteiger partial charge is 0.463 e. The minimum atomic E-state index is -0.138. The molecule has 0 aromatic carbocycles. The van der Waals surface area contributed by atoms with Crippen LogP contribution in [0.25, 0.3) is 0 Å². The molecule has 0 unspecified atom stereocenters. The first-order chi connectivity index (χ1) is 24.8. The zero-order valence-corrected chi connectivity index (χ0v) is 32.1. The summed E-state index contributed by atoms with van der Waals surface area (Å²) in [6, 6.07) is 0. The molecule has 0 saturated carbocycles. The molecule has 0 rings (SSSR count). The van der Waals surface area contributed by atoms with Gasteiger partial charge in [-0.25, -0.2) is 0 Å². The molecule has 0 aromatic heterocycles. The summed E-state index contributed by atoms with van der Waals surface area (Å²) in [6.07, 6.45) is 16.5. The number of ether oxygens (including phenoxy) is 11. The van der Waals surface area contributed by atoms with Crippen LogP contribution in [0.2, 0.25) is 0 Å². The van der Waals surface area contributed by atoms with E-state index in [4.69, 9.17) is 52.1 Å². The van der Waals surface area contributed by atoms with Crippen molar-refractivity contribution >= 4 is 5.97 Å². The van der Waals surface area contributed by atoms with Crippen LogP contribution in [0.1, 0.15) is 104 Å². The van der Waals surface area contributed by atoms with Crippen LogP contribution in [0.3, 0.4) is 0 Å². The first-order valence-electron chi connectivity index (χ1n) is 19.7. The monoisotopic (exact) mass is 725 g/mol. The normalized spacial score (nSPS) is 11.5. The van der Waals surface area contributed by atoms with E-state index < -0.39 is 0 Å². The van der Waals surface area contributed by atoms with E-state index in [1.807, 2.05) is 0 Å². The van der Waals surface area contributed by atoms with Crippen molar-refractivity contribution in [2.24, 2.45) is 0 Å². The van der Waals surface area contributed by atoms with Crippen LogP contribution >= 0.6 is 0 Å². The van der Waals surface area contributed by atoms with E-state index in [1.165, 1.54) is 64.2 Å². The van der Waals surface area contributed by atoms with Gasteiger partial charge < -0.3 is 52.1 Å². The molecule has 0 spiro atoms. The molecule has 0 aromatic rings. The SMILES string of the molecule is CCCCCCCCCC(=O)OCCOCCOCCOCCOCCOCCOCCOCCOCCOCCOCCCCCCCC. The molecule has 50 heavy (non-hydrogen) atoms. The highest BCUT2D eigenvalue weighted by Gasteiger charge is 2.03. The Labute approximate surface area is 305 Å². The first kappa shape index (κ1) is 49.1. The molecule has 12 nitrogen and oxygen atoms in total. The van der Waals surface area contributed by atoms with Crippen molar-refractivity contribution in [3.63, 3.8) is 0 Å². The predicted octanol–water partition coefficient (Wildman–Crippen LogP) is 6.20. The number of esters is 1. The summed E-state index contributed by atoms with van der Waals surface area (Å²) < 4.78 is 60.2. The predicted molar refractivity (Wildman–Crippen MR) is 195 cm³/mol. The molecule has 0 N–H and O–H groups in total. The summed E-state index contributed by atoms with van der Waals surface area (Å²) in [7, 11) is 0. The van der Waals surface area contributed by atoms with Crippen molar-refractivity contribution in [1.29, 1.82) is 0 Å². The Morgan fingerprint density at radius 3 is 0.840 bits per heavy atom. The molecule has 12 heteroatoms. The Morgan fingerprint density at radius 1 is 0.280 bits per heavy atom. The Bertz CT molecular complexity index is 629. The zero-order chi connectivity index (χ0) is 36.1. The van der Waals surface area contributed by atoms with Crippen LogP contribution in [-0.2, 0) is 56.9 Å². The van der Waals surface area contributed by atoms with Gasteiger partial charge in [-0.3, -0.25) is 4.79 Å². The molecule has 0 aliphatic heterocycles. The lowest BCUT2D eigenvalue weighted by atomic mass is 10.1. The molecular formula is C38H76O12. The standard InChI is InChI=1S/C38H76O12/c1-3-5-7-9-11-12-14-16-38(39)50-37-36-49-35-34-48-33-32-47-31-30-46-29-28-45-27-26-44-25-24-43-23-22-42-21-20-41-19-18-40-17-15-13-10-8-6-4-2/h3-37H2,1-2H3. The molecule has 0 saturated heterocycles. The van der Waals surface area contributed by atoms with Gasteiger partial charge in [-0.15, -0.1) is 0 Å². The van der Waals surface area contributed by atoms with Crippen molar-refractivity contribution in [3.05, 3.63) is 0 Å². The number of unbranched alkanes of at least 4 members (excludes halogenated alkanes) is 11. The Morgan fingerprint density at radius 2 is 0.520 bits per heavy atom. The Balaban J connectivity index is 3.09. The van der Waals surface area contributed by atoms with Crippen molar-refractivity contribution < 1.29 is 56.9 Å². The smallest absolute Gasteiger partial charge is 0.305 e. The van der Waals surface area contributed by atoms with Gasteiger partial charge in [-0.05, 0) is 12.8 Å². The minimum Gasteiger partial charge on any atom is -0.463 e. The maximum atomic E-state index is 11.7. The van der Waals surface area contributed by atoms with Crippen molar-refractivity contribution in [2.45, 2.75) is 104 Å². The molecule has 0 fully saturated rings. The minimum absolute atomic E-state index is 0.138. The van der Waals surface area contributed by atoms with Gasteiger partial charge in [0.2, 0.25) is 0 Å². The van der Waals surface area contributed by atoms with Crippen molar-refractivity contribution in [1.82, 2.24) is 0 Å². The van der Waals surface area contributed by atoms with Gasteiger partial charge in [0.05, 0.1) is 126 Å². The average Bonchev–Trinajstić information content (AvgIpc) is 3.12. The molecule has 300 valence electrons. The molecule has 0 heterocycles. The van der Waals surface area contributed by atoms with Crippen LogP contribution < -0.4 is 0 Å². The first-order valence-corrected chi connectivity index (χ1v) is 19.7. The fourth-order valence-corrected chi connectivity index (χ4v) is 4.58. The molecule has 0 aliphatic rings. The number of rotatable bonds is 45. The molecule has 0 bridgehead atoms. The van der Waals surface area contributed by atoms with Crippen LogP contribution in [0.5, 0.6) is 0 Å². The van der Waals surface area contributed by atoms with Gasteiger partial charge in [0.15, 0.2) is 0 Å². The second-order valence-corrected chi connectivity index (χ2v) is 12.0. The van der Waals surface area contributed by atoms with Crippen LogP contribution in [0.4, 0.5) is 0 Å². The van der Waals surface area contributed by atoms with E-state index in [2.05, 4.69) is 13.8 Å². The summed E-state index contributed by atoms with van der Waals surface area (Å²) in [5.41, 5.74) is 0. The van der Waals surface area contributed by atoms with Crippen LogP contribution in [0, 0.1) is 0 Å². The highest BCUT2D eigenvalue weighted by atomic mass is 16.6. The van der Waals surface area contributed by atoms with Gasteiger partial charge in [0.1, 0.15) is 6.61 Å². The maximum Gasteiger partial charge on any atom is 0.305 e. The third-order valence-electron chi connectivity index (χ3n) is 7.47. The number of hydrogen-bond donors (Lipinski definition) is 0. The van der Waals surface area contributed by atoms with Gasteiger partial charge in [-0.1, -0.05) is 84.5 Å². The number of carbonyl (C=O) groups excluding carboxylic acids is 1. The van der Waals surface area contributed by atoms with Gasteiger partial charge in [-0.2, -0.15) is 0 Å². The fraction of sp³-hybridized carbons (Fsp3) is 0.974. The second kappa shape index (κ2) is 46.1. The van der Waals surface area contributed by atoms with E-state index in [0.717, 1.165) is 25.9 Å². The van der Waals surface area contributed by atoms with E-state index >= 15 is 0 Å². The average molecular weight is 725 g/mol. The lowest BCUT2D eigenvalue weighted by molar-refractivity contribution is -0.145. The highest BCUT2D eigenvalue weighted by molar-refractivity contribution is 5.69. The Hall–Kier alpha value is -0.930. The number of hydrogen-bond acceptors (Lipinski definition) is 12. The van der Waals surface area contributed by atoms with E-state index in [-0.39, 0.29) is 12.6 Å². The summed E-state index contributed by atoms with van der Waals surface area (Å²) in [6.45, 7) is 15.4. The topological polar surface area (TPSA) is 119 Å². The van der Waals surface area contributed by atoms with Crippen molar-refractivity contribution in [3.8, 4) is 0 Å². The molecule has 0 radical (unpaired) electrons. The number of carbonyl (C=O) groups is 1. The lowest BCUT2D eigenvalue weighted by Crippen LogP contribution is -2.15. The fourth-order valence-electron chi connectivity index (χ4n) is 4.58. The van der Waals surface area contributed by atoms with E-state index in [9.17, 15) is 4.79 Å². The molecule has 0 aliphatic carbocycles. The Kier molecular flexibility index (Phi) is 45.2. The summed E-state index contributed by atoms with van der Waals surface area (Å²) >= 11 is 0. The second-order valence-electron chi connectivity index (χ2n) is 12.0. The quantitative estimate of drug-likeness (QED) is 0.0526. The van der Waals surface area contributed by atoms with Gasteiger partial charge in [0.25, 0.3) is 0 Å². The third-order valence-corrected chi connectivity index (χ3v) is 7.47. The van der Waals surface area contributed by atoms with Gasteiger partial charge in [0, 0.05) is 13.0 Å². The summed E-state index contributed by atoms with van der Waals surface area (Å²) in [5.74, 6) is -0.138. The van der Waals surface area contributed by atoms with Crippen molar-refractivity contribution in [2.75, 3.05) is 139 Å². The molecule has 0 atom stereocenters. The molecular weight excluding hydrogens is 648 g/mol. The highest BCUT2D eigenvalue weighted by Crippen LogP contribution is 2.09. The van der Waals surface area contributed by atoms with Crippen LogP contribution in [0.15, 0.2) is 0 Å². The summed E-state index contributed by atoms with van der Waals surface area (Å²) in [5, 5.41) is 0. The lowest BCUT2D eigenvalue weighted by Gasteiger charge is -2.09. The van der Waals surface area contributed by atoms with E-state index in [1.54, 1.807) is 0 Å². The van der Waals surface area contributed by atoms with E-state index in [0.29, 0.717) is 132 Å². The third kappa shape index (κ3) is 45.1. The summed E-state index contributed by atoms with van der Waals surface area (Å²) in [4.78, 5) is 11.7. The van der Waals surface area contributed by atoms with Gasteiger partial charge >= 0.3 is 5.97 Å². The van der Waals surface area contributed by atoms with Crippen LogP contribution in [-0.4, -0.2) is 145 Å². The molecule has 0 amide bonds. The maximum absolute atomic E-state index is 11.7.